The lowest BCUT2D eigenvalue weighted by atomic mass is 9.98. The van der Waals surface area contributed by atoms with Crippen LogP contribution in [0.1, 0.15) is 24.8 Å². The van der Waals surface area contributed by atoms with Crippen molar-refractivity contribution in [1.82, 2.24) is 10.2 Å². The number of carbonyl (C=O) groups excluding carboxylic acids is 1. The maximum Gasteiger partial charge on any atom is 0.252 e. The van der Waals surface area contributed by atoms with Crippen LogP contribution in [0, 0.1) is 12.3 Å². The lowest BCUT2D eigenvalue weighted by molar-refractivity contribution is -0.158. The van der Waals surface area contributed by atoms with E-state index in [1.54, 1.807) is 7.11 Å². The monoisotopic (exact) mass is 360 g/mol. The molecule has 0 aromatic heterocycles. The fourth-order valence-electron chi connectivity index (χ4n) is 2.96. The molecular weight excluding hydrogens is 332 g/mol. The number of amides is 1. The third-order valence-electron chi connectivity index (χ3n) is 4.55. The molecule has 26 heavy (non-hydrogen) atoms. The number of carbonyl (C=O) groups is 1. The molecule has 1 heterocycles. The van der Waals surface area contributed by atoms with Gasteiger partial charge in [0.05, 0.1) is 25.9 Å². The van der Waals surface area contributed by atoms with Crippen LogP contribution in [0.2, 0.25) is 0 Å². The van der Waals surface area contributed by atoms with Crippen LogP contribution < -0.4 is 10.1 Å². The molecule has 0 unspecified atom stereocenters. The predicted octanol–water partition coefficient (Wildman–Crippen LogP) is 1.18. The second kappa shape index (κ2) is 10.2. The van der Waals surface area contributed by atoms with Gasteiger partial charge in [0.25, 0.3) is 5.91 Å². The zero-order chi connectivity index (χ0) is 18.9. The molecule has 142 valence electrons. The number of aliphatic hydroxyl groups excluding tert-OH is 1. The summed E-state index contributed by atoms with van der Waals surface area (Å²) in [6.07, 6.45) is 5.74. The van der Waals surface area contributed by atoms with E-state index in [1.165, 1.54) is 0 Å². The summed E-state index contributed by atoms with van der Waals surface area (Å²) in [6, 6.07) is 7.47. The number of methoxy groups -OCH3 is 1. The summed E-state index contributed by atoms with van der Waals surface area (Å²) < 4.78 is 11.0. The summed E-state index contributed by atoms with van der Waals surface area (Å²) in [5.41, 5.74) is 0.955. The highest BCUT2D eigenvalue weighted by molar-refractivity contribution is 5.81. The Bertz CT molecular complexity index is 611. The Labute approximate surface area is 155 Å². The summed E-state index contributed by atoms with van der Waals surface area (Å²) in [5, 5.41) is 13.0. The largest absolute Gasteiger partial charge is 0.497 e. The molecule has 1 aromatic carbocycles. The van der Waals surface area contributed by atoms with Crippen molar-refractivity contribution in [3.63, 3.8) is 0 Å². The first-order valence-corrected chi connectivity index (χ1v) is 8.89. The molecule has 1 aliphatic heterocycles. The van der Waals surface area contributed by atoms with E-state index in [0.717, 1.165) is 30.7 Å². The number of hydrogen-bond donors (Lipinski definition) is 2. The molecule has 2 N–H and O–H groups in total. The topological polar surface area (TPSA) is 71.0 Å². The Morgan fingerprint density at radius 1 is 1.42 bits per heavy atom. The van der Waals surface area contributed by atoms with Crippen LogP contribution in [-0.4, -0.2) is 61.5 Å². The zero-order valence-electron chi connectivity index (χ0n) is 15.5. The first-order valence-electron chi connectivity index (χ1n) is 8.89. The van der Waals surface area contributed by atoms with E-state index in [2.05, 4.69) is 11.2 Å². The highest BCUT2D eigenvalue weighted by Crippen LogP contribution is 2.22. The Hall–Kier alpha value is -2.07. The average molecular weight is 360 g/mol. The second-order valence-electron chi connectivity index (χ2n) is 6.62. The summed E-state index contributed by atoms with van der Waals surface area (Å²) in [4.78, 5) is 14.5. The summed E-state index contributed by atoms with van der Waals surface area (Å²) in [5.74, 6) is 3.09. The first kappa shape index (κ1) is 20.2. The minimum Gasteiger partial charge on any atom is -0.497 e. The molecule has 0 spiro atoms. The van der Waals surface area contributed by atoms with Crippen LogP contribution in [0.5, 0.6) is 5.75 Å². The van der Waals surface area contributed by atoms with Crippen LogP contribution in [0.25, 0.3) is 0 Å². The van der Waals surface area contributed by atoms with Crippen molar-refractivity contribution >= 4 is 5.91 Å². The van der Waals surface area contributed by atoms with E-state index in [-0.39, 0.29) is 12.0 Å². The minimum atomic E-state index is -0.829. The van der Waals surface area contributed by atoms with Crippen LogP contribution in [-0.2, 0) is 16.1 Å². The Kier molecular flexibility index (Phi) is 7.92. The molecule has 1 saturated heterocycles. The van der Waals surface area contributed by atoms with Gasteiger partial charge in [-0.15, -0.1) is 6.42 Å². The average Bonchev–Trinajstić information content (AvgIpc) is 2.66. The lowest BCUT2D eigenvalue weighted by Crippen LogP contribution is -2.49. The number of nitrogens with one attached hydrogen (secondary N) is 1. The van der Waals surface area contributed by atoms with E-state index in [4.69, 9.17) is 15.9 Å². The molecule has 0 aliphatic carbocycles. The molecular formula is C20H28N2O4. The number of hydrogen-bond acceptors (Lipinski definition) is 5. The number of aliphatic hydroxyl groups is 1. The van der Waals surface area contributed by atoms with E-state index in [1.807, 2.05) is 36.2 Å². The van der Waals surface area contributed by atoms with Crippen molar-refractivity contribution < 1.29 is 19.4 Å². The van der Waals surface area contributed by atoms with Crippen molar-refractivity contribution in [3.8, 4) is 18.1 Å². The Morgan fingerprint density at radius 3 is 2.81 bits per heavy atom. The van der Waals surface area contributed by atoms with Gasteiger partial charge in [-0.25, -0.2) is 0 Å². The smallest absolute Gasteiger partial charge is 0.252 e. The van der Waals surface area contributed by atoms with Gasteiger partial charge in [-0.2, -0.15) is 0 Å². The predicted molar refractivity (Wildman–Crippen MR) is 99.7 cm³/mol. The highest BCUT2D eigenvalue weighted by atomic mass is 16.5. The maximum atomic E-state index is 12.4. The number of terminal acetylenes is 1. The molecule has 0 saturated carbocycles. The van der Waals surface area contributed by atoms with Gasteiger partial charge in [0.15, 0.2) is 6.10 Å². The second-order valence-corrected chi connectivity index (χ2v) is 6.62. The molecule has 1 fully saturated rings. The van der Waals surface area contributed by atoms with E-state index in [9.17, 15) is 9.90 Å². The summed E-state index contributed by atoms with van der Waals surface area (Å²) in [7, 11) is 3.57. The standard InChI is InChI=1S/C20H28N2O4/c1-4-12-22(2)13-11-17-9-10-18(23)19(26-17)20(24)21-14-15-5-7-16(25-3)8-6-15/h1,5-8,17-19,23H,9-14H2,2-3H3,(H,21,24)/t17-,18-,19-/m0/s1. The van der Waals surface area contributed by atoms with Crippen LogP contribution in [0.4, 0.5) is 0 Å². The van der Waals surface area contributed by atoms with Crippen molar-refractivity contribution in [1.29, 1.82) is 0 Å². The van der Waals surface area contributed by atoms with Gasteiger partial charge in [0.2, 0.25) is 0 Å². The third-order valence-corrected chi connectivity index (χ3v) is 4.55. The molecule has 1 aromatic rings. The normalized spacial score (nSPS) is 22.7. The van der Waals surface area contributed by atoms with Gasteiger partial charge in [-0.05, 0) is 44.0 Å². The van der Waals surface area contributed by atoms with E-state index >= 15 is 0 Å². The number of ether oxygens (including phenoxy) is 2. The molecule has 1 amide bonds. The molecule has 0 bridgehead atoms. The fourth-order valence-corrected chi connectivity index (χ4v) is 2.96. The minimum absolute atomic E-state index is 0.0460. The van der Waals surface area contributed by atoms with E-state index < -0.39 is 12.2 Å². The molecule has 3 atom stereocenters. The SMILES string of the molecule is C#CCN(C)CC[C@@H]1CC[C@H](O)[C@@H](C(=O)NCc2ccc(OC)cc2)O1. The molecule has 2 rings (SSSR count). The van der Waals surface area contributed by atoms with Crippen LogP contribution in [0.3, 0.4) is 0 Å². The van der Waals surface area contributed by atoms with Gasteiger partial charge in [-0.1, -0.05) is 18.1 Å². The fraction of sp³-hybridized carbons (Fsp3) is 0.550. The maximum absolute atomic E-state index is 12.4. The lowest BCUT2D eigenvalue weighted by Gasteiger charge is -2.33. The van der Waals surface area contributed by atoms with Crippen LogP contribution in [0.15, 0.2) is 24.3 Å². The number of nitrogens with zero attached hydrogens (tertiary/aromatic N) is 1. The van der Waals surface area contributed by atoms with Gasteiger partial charge in [0, 0.05) is 13.1 Å². The molecule has 6 nitrogen and oxygen atoms in total. The van der Waals surface area contributed by atoms with Crippen molar-refractivity contribution in [2.24, 2.45) is 0 Å². The van der Waals surface area contributed by atoms with Crippen molar-refractivity contribution in [3.05, 3.63) is 29.8 Å². The Morgan fingerprint density at radius 2 is 2.15 bits per heavy atom. The van der Waals surface area contributed by atoms with Gasteiger partial charge < -0.3 is 19.9 Å². The van der Waals surface area contributed by atoms with Gasteiger partial charge >= 0.3 is 0 Å². The zero-order valence-corrected chi connectivity index (χ0v) is 15.5. The van der Waals surface area contributed by atoms with Crippen molar-refractivity contribution in [2.75, 3.05) is 27.2 Å². The number of benzene rings is 1. The number of rotatable bonds is 8. The first-order chi connectivity index (χ1) is 12.5. The molecule has 6 heteroatoms. The Balaban J connectivity index is 1.82. The van der Waals surface area contributed by atoms with Gasteiger partial charge in [-0.3, -0.25) is 9.69 Å². The molecule has 1 aliphatic rings. The van der Waals surface area contributed by atoms with Gasteiger partial charge in [0.1, 0.15) is 5.75 Å². The summed E-state index contributed by atoms with van der Waals surface area (Å²) >= 11 is 0. The summed E-state index contributed by atoms with van der Waals surface area (Å²) in [6.45, 7) is 1.76. The van der Waals surface area contributed by atoms with Crippen LogP contribution >= 0.6 is 0 Å². The highest BCUT2D eigenvalue weighted by Gasteiger charge is 2.34. The van der Waals surface area contributed by atoms with E-state index in [0.29, 0.717) is 19.5 Å². The quantitative estimate of drug-likeness (QED) is 0.681. The van der Waals surface area contributed by atoms with Crippen molar-refractivity contribution in [2.45, 2.75) is 44.1 Å². The molecule has 0 radical (unpaired) electrons. The third kappa shape index (κ3) is 6.03.